The van der Waals surface area contributed by atoms with Gasteiger partial charge in [0.05, 0.1) is 21.5 Å². The van der Waals surface area contributed by atoms with Crippen LogP contribution in [0, 0.1) is 5.92 Å². The summed E-state index contributed by atoms with van der Waals surface area (Å²) in [6, 6.07) is 5.07. The van der Waals surface area contributed by atoms with E-state index in [0.717, 1.165) is 23.8 Å². The van der Waals surface area contributed by atoms with Gasteiger partial charge in [0.15, 0.2) is 16.1 Å². The largest absolute Gasteiger partial charge is 0.478 e. The first kappa shape index (κ1) is 25.4. The van der Waals surface area contributed by atoms with Gasteiger partial charge in [0.1, 0.15) is 0 Å². The van der Waals surface area contributed by atoms with E-state index in [1.807, 2.05) is 13.0 Å². The molecular weight excluding hydrogens is 488 g/mol. The van der Waals surface area contributed by atoms with Crippen LogP contribution in [0.1, 0.15) is 60.3 Å². The van der Waals surface area contributed by atoms with E-state index < -0.39 is 5.97 Å². The molecule has 1 saturated heterocycles. The van der Waals surface area contributed by atoms with Crippen molar-refractivity contribution in [2.24, 2.45) is 5.92 Å². The zero-order chi connectivity index (χ0) is 25.1. The fourth-order valence-electron chi connectivity index (χ4n) is 4.27. The number of rotatable bonds is 9. The van der Waals surface area contributed by atoms with E-state index in [-0.39, 0.29) is 29.4 Å². The minimum Gasteiger partial charge on any atom is -0.478 e. The van der Waals surface area contributed by atoms with Crippen molar-refractivity contribution in [3.63, 3.8) is 0 Å². The molecule has 0 saturated carbocycles. The standard InChI is InChI=1S/C24H31ClN6O3S/c1-4-15-20(25)30-21(27-15)22(32)28-16-9-11-31(12-18(16)26-10-8-13(2)3)24-29-17-7-5-6-14(23(33)34)19(17)35-24/h5-7,13,16,18,26H,4,8-12H2,1-3H3,(H,27,30)(H,28,32)(H,33,34)/t16-,18+/m0/s1. The number of piperidine rings is 1. The van der Waals surface area contributed by atoms with E-state index >= 15 is 0 Å². The Kier molecular flexibility index (Phi) is 7.93. The lowest BCUT2D eigenvalue weighted by Crippen LogP contribution is -2.60. The van der Waals surface area contributed by atoms with Gasteiger partial charge in [-0.05, 0) is 43.9 Å². The number of imidazole rings is 1. The summed E-state index contributed by atoms with van der Waals surface area (Å²) in [7, 11) is 0. The lowest BCUT2D eigenvalue weighted by atomic mass is 9.98. The second-order valence-electron chi connectivity index (χ2n) is 9.22. The molecule has 2 aromatic heterocycles. The molecule has 0 bridgehead atoms. The molecule has 4 N–H and O–H groups in total. The summed E-state index contributed by atoms with van der Waals surface area (Å²) < 4.78 is 0.677. The Morgan fingerprint density at radius 1 is 1.31 bits per heavy atom. The third-order valence-electron chi connectivity index (χ3n) is 6.26. The maximum Gasteiger partial charge on any atom is 0.337 e. The Morgan fingerprint density at radius 3 is 2.80 bits per heavy atom. The van der Waals surface area contributed by atoms with Gasteiger partial charge in [-0.15, -0.1) is 0 Å². The zero-order valence-corrected chi connectivity index (χ0v) is 21.7. The summed E-state index contributed by atoms with van der Waals surface area (Å²) >= 11 is 7.52. The van der Waals surface area contributed by atoms with E-state index in [0.29, 0.717) is 47.2 Å². The monoisotopic (exact) mass is 518 g/mol. The number of hydrogen-bond donors (Lipinski definition) is 4. The fourth-order valence-corrected chi connectivity index (χ4v) is 5.64. The molecule has 3 heterocycles. The highest BCUT2D eigenvalue weighted by Gasteiger charge is 2.32. The van der Waals surface area contributed by atoms with Crippen LogP contribution in [0.25, 0.3) is 10.2 Å². The minimum atomic E-state index is -0.954. The van der Waals surface area contributed by atoms with Crippen molar-refractivity contribution in [2.75, 3.05) is 24.5 Å². The number of carboxylic acids is 1. The molecule has 1 amide bonds. The fraction of sp³-hybridized carbons (Fsp3) is 0.500. The predicted octanol–water partition coefficient (Wildman–Crippen LogP) is 3.95. The van der Waals surface area contributed by atoms with Gasteiger partial charge < -0.3 is 25.6 Å². The van der Waals surface area contributed by atoms with Gasteiger partial charge in [-0.25, -0.2) is 14.8 Å². The topological polar surface area (TPSA) is 123 Å². The molecule has 9 nitrogen and oxygen atoms in total. The molecule has 0 aliphatic carbocycles. The number of nitrogens with one attached hydrogen (secondary N) is 3. The van der Waals surface area contributed by atoms with Gasteiger partial charge >= 0.3 is 5.97 Å². The number of aromatic carboxylic acids is 1. The Balaban J connectivity index is 1.52. The normalized spacial score (nSPS) is 18.4. The van der Waals surface area contributed by atoms with Crippen LogP contribution in [0.5, 0.6) is 0 Å². The van der Waals surface area contributed by atoms with Crippen molar-refractivity contribution in [3.05, 3.63) is 40.4 Å². The van der Waals surface area contributed by atoms with Crippen LogP contribution in [0.15, 0.2) is 18.2 Å². The summed E-state index contributed by atoms with van der Waals surface area (Å²) in [6.07, 6.45) is 2.40. The number of carbonyl (C=O) groups is 2. The van der Waals surface area contributed by atoms with Crippen molar-refractivity contribution >= 4 is 50.2 Å². The van der Waals surface area contributed by atoms with Gasteiger partial charge in [-0.2, -0.15) is 0 Å². The lowest BCUT2D eigenvalue weighted by molar-refractivity contribution is 0.0699. The lowest BCUT2D eigenvalue weighted by Gasteiger charge is -2.39. The van der Waals surface area contributed by atoms with Crippen molar-refractivity contribution in [2.45, 2.75) is 52.1 Å². The number of thiazole rings is 1. The number of benzene rings is 1. The number of aromatic nitrogens is 3. The van der Waals surface area contributed by atoms with Gasteiger partial charge in [0.2, 0.25) is 0 Å². The molecule has 35 heavy (non-hydrogen) atoms. The van der Waals surface area contributed by atoms with Crippen LogP contribution in [0.3, 0.4) is 0 Å². The summed E-state index contributed by atoms with van der Waals surface area (Å²) in [4.78, 5) is 38.6. The average Bonchev–Trinajstić information content (AvgIpc) is 3.42. The Morgan fingerprint density at radius 2 is 2.11 bits per heavy atom. The van der Waals surface area contributed by atoms with Gasteiger partial charge in [0.25, 0.3) is 5.91 Å². The van der Waals surface area contributed by atoms with Crippen LogP contribution in [-0.2, 0) is 6.42 Å². The number of aryl methyl sites for hydroxylation is 1. The summed E-state index contributed by atoms with van der Waals surface area (Å²) in [5.74, 6) is -0.439. The number of amides is 1. The second kappa shape index (κ2) is 10.9. The number of fused-ring (bicyclic) bond motifs is 1. The van der Waals surface area contributed by atoms with Crippen LogP contribution in [0.2, 0.25) is 5.15 Å². The molecule has 1 aliphatic rings. The molecule has 0 unspecified atom stereocenters. The van der Waals surface area contributed by atoms with E-state index in [1.54, 1.807) is 12.1 Å². The van der Waals surface area contributed by atoms with Crippen LogP contribution < -0.4 is 15.5 Å². The molecule has 3 aromatic rings. The number of carboxylic acid groups (broad SMARTS) is 1. The zero-order valence-electron chi connectivity index (χ0n) is 20.1. The Labute approximate surface area is 213 Å². The van der Waals surface area contributed by atoms with E-state index in [1.165, 1.54) is 11.3 Å². The van der Waals surface area contributed by atoms with Gasteiger partial charge in [-0.1, -0.05) is 49.8 Å². The number of anilines is 1. The van der Waals surface area contributed by atoms with E-state index in [4.69, 9.17) is 16.6 Å². The summed E-state index contributed by atoms with van der Waals surface area (Å²) in [5.41, 5.74) is 1.70. The van der Waals surface area contributed by atoms with E-state index in [9.17, 15) is 14.7 Å². The van der Waals surface area contributed by atoms with Crippen molar-refractivity contribution in [1.82, 2.24) is 25.6 Å². The molecule has 188 valence electrons. The molecule has 2 atom stereocenters. The van der Waals surface area contributed by atoms with Gasteiger partial charge in [0, 0.05) is 25.2 Å². The minimum absolute atomic E-state index is 0.00603. The maximum atomic E-state index is 12.9. The molecule has 0 radical (unpaired) electrons. The first-order chi connectivity index (χ1) is 16.8. The number of aromatic amines is 1. The Hall–Kier alpha value is -2.69. The van der Waals surface area contributed by atoms with Crippen LogP contribution in [0.4, 0.5) is 5.13 Å². The molecule has 1 fully saturated rings. The second-order valence-corrected chi connectivity index (χ2v) is 10.6. The number of halogens is 1. The van der Waals surface area contributed by atoms with Crippen molar-refractivity contribution in [3.8, 4) is 0 Å². The smallest absolute Gasteiger partial charge is 0.337 e. The quantitative estimate of drug-likeness (QED) is 0.338. The first-order valence-electron chi connectivity index (χ1n) is 11.9. The van der Waals surface area contributed by atoms with Crippen LogP contribution in [-0.4, -0.2) is 63.7 Å². The molecule has 11 heteroatoms. The third-order valence-corrected chi connectivity index (χ3v) is 7.74. The van der Waals surface area contributed by atoms with Crippen molar-refractivity contribution < 1.29 is 14.7 Å². The third kappa shape index (κ3) is 5.76. The highest BCUT2D eigenvalue weighted by molar-refractivity contribution is 7.22. The summed E-state index contributed by atoms with van der Waals surface area (Å²) in [6.45, 7) is 8.48. The van der Waals surface area contributed by atoms with Crippen LogP contribution >= 0.6 is 22.9 Å². The highest BCUT2D eigenvalue weighted by atomic mass is 35.5. The number of nitrogens with zero attached hydrogens (tertiary/aromatic N) is 3. The average molecular weight is 519 g/mol. The van der Waals surface area contributed by atoms with Crippen molar-refractivity contribution in [1.29, 1.82) is 0 Å². The molecular formula is C24H31ClN6O3S. The molecule has 0 spiro atoms. The Bertz CT molecular complexity index is 1210. The molecule has 4 rings (SSSR count). The highest BCUT2D eigenvalue weighted by Crippen LogP contribution is 2.33. The number of H-pyrrole nitrogens is 1. The van der Waals surface area contributed by atoms with E-state index in [2.05, 4.69) is 39.3 Å². The summed E-state index contributed by atoms with van der Waals surface area (Å²) in [5, 5.41) is 17.4. The number of carbonyl (C=O) groups excluding carboxylic acids is 1. The SMILES string of the molecule is CCc1[nH]c(C(=O)N[C@H]2CCN(c3nc4cccc(C(=O)O)c4s3)C[C@H]2NCCC(C)C)nc1Cl. The number of hydrogen-bond acceptors (Lipinski definition) is 7. The maximum absolute atomic E-state index is 12.9. The molecule has 1 aliphatic heterocycles. The predicted molar refractivity (Wildman–Crippen MR) is 139 cm³/mol. The van der Waals surface area contributed by atoms with Gasteiger partial charge in [-0.3, -0.25) is 4.79 Å². The molecule has 1 aromatic carbocycles. The first-order valence-corrected chi connectivity index (χ1v) is 13.1.